The van der Waals surface area contributed by atoms with Crippen LogP contribution in [0.5, 0.6) is 23.5 Å². The van der Waals surface area contributed by atoms with Crippen LogP contribution >= 0.6 is 0 Å². The lowest BCUT2D eigenvalue weighted by molar-refractivity contribution is 0.0894. The van der Waals surface area contributed by atoms with Crippen molar-refractivity contribution < 1.29 is 24.1 Å². The standard InChI is InChI=1S/C18H23N3O5/c1-11(2)13(10-22)19-17(23)12-7-5-6-8-14(12)26-18-20-15(24-3)9-16(21-18)25-4/h5-9,11,13,22H,10H2,1-4H3,(H,19,23)/t13-/m1/s1. The first-order chi connectivity index (χ1) is 12.5. The number of aromatic nitrogens is 2. The maximum atomic E-state index is 12.6. The lowest BCUT2D eigenvalue weighted by Crippen LogP contribution is -2.41. The molecule has 26 heavy (non-hydrogen) atoms. The summed E-state index contributed by atoms with van der Waals surface area (Å²) in [5.74, 6) is 0.551. The highest BCUT2D eigenvalue weighted by molar-refractivity contribution is 5.97. The van der Waals surface area contributed by atoms with E-state index in [0.717, 1.165) is 0 Å². The van der Waals surface area contributed by atoms with Crippen molar-refractivity contribution in [1.82, 2.24) is 15.3 Å². The molecule has 0 radical (unpaired) electrons. The number of ether oxygens (including phenoxy) is 3. The lowest BCUT2D eigenvalue weighted by atomic mass is 10.0. The van der Waals surface area contributed by atoms with Gasteiger partial charge in [-0.1, -0.05) is 26.0 Å². The molecule has 0 spiro atoms. The second-order valence-corrected chi connectivity index (χ2v) is 5.84. The van der Waals surface area contributed by atoms with Crippen LogP contribution < -0.4 is 19.5 Å². The molecule has 8 heteroatoms. The molecule has 2 N–H and O–H groups in total. The van der Waals surface area contributed by atoms with Crippen molar-refractivity contribution in [2.45, 2.75) is 19.9 Å². The van der Waals surface area contributed by atoms with Gasteiger partial charge in [-0.25, -0.2) is 0 Å². The normalized spacial score (nSPS) is 11.8. The summed E-state index contributed by atoms with van der Waals surface area (Å²) in [6, 6.07) is 7.85. The number of hydrogen-bond donors (Lipinski definition) is 2. The SMILES string of the molecule is COc1cc(OC)nc(Oc2ccccc2C(=O)N[C@H](CO)C(C)C)n1. The number of benzene rings is 1. The van der Waals surface area contributed by atoms with E-state index >= 15 is 0 Å². The Bertz CT molecular complexity index is 729. The van der Waals surface area contributed by atoms with E-state index in [0.29, 0.717) is 5.56 Å². The summed E-state index contributed by atoms with van der Waals surface area (Å²) in [6.45, 7) is 3.68. The quantitative estimate of drug-likeness (QED) is 0.741. The number of rotatable bonds is 8. The lowest BCUT2D eigenvalue weighted by Gasteiger charge is -2.20. The summed E-state index contributed by atoms with van der Waals surface area (Å²) in [6.07, 6.45) is 0. The molecular formula is C18H23N3O5. The van der Waals surface area contributed by atoms with E-state index in [2.05, 4.69) is 15.3 Å². The molecule has 8 nitrogen and oxygen atoms in total. The van der Waals surface area contributed by atoms with Gasteiger partial charge in [0, 0.05) is 0 Å². The summed E-state index contributed by atoms with van der Waals surface area (Å²) in [7, 11) is 2.93. The molecule has 0 saturated carbocycles. The largest absolute Gasteiger partial charge is 0.481 e. The Balaban J connectivity index is 2.28. The average molecular weight is 361 g/mol. The number of nitrogens with zero attached hydrogens (tertiary/aromatic N) is 2. The monoisotopic (exact) mass is 361 g/mol. The molecule has 0 aliphatic heterocycles. The highest BCUT2D eigenvalue weighted by Gasteiger charge is 2.20. The summed E-state index contributed by atoms with van der Waals surface area (Å²) in [4.78, 5) is 20.8. The van der Waals surface area contributed by atoms with Gasteiger partial charge in [-0.05, 0) is 18.1 Å². The van der Waals surface area contributed by atoms with Gasteiger partial charge in [-0.3, -0.25) is 4.79 Å². The number of para-hydroxylation sites is 1. The molecule has 1 aromatic carbocycles. The van der Waals surface area contributed by atoms with Gasteiger partial charge in [0.05, 0.1) is 38.5 Å². The first-order valence-electron chi connectivity index (χ1n) is 8.14. The van der Waals surface area contributed by atoms with E-state index in [1.165, 1.54) is 20.3 Å². The van der Waals surface area contributed by atoms with Gasteiger partial charge in [-0.15, -0.1) is 0 Å². The zero-order valence-electron chi connectivity index (χ0n) is 15.2. The predicted octanol–water partition coefficient (Wildman–Crippen LogP) is 2.03. The van der Waals surface area contributed by atoms with Crippen LogP contribution in [0.2, 0.25) is 0 Å². The molecule has 0 saturated heterocycles. The van der Waals surface area contributed by atoms with E-state index in [4.69, 9.17) is 14.2 Å². The number of carbonyl (C=O) groups excluding carboxylic acids is 1. The van der Waals surface area contributed by atoms with E-state index in [9.17, 15) is 9.90 Å². The second-order valence-electron chi connectivity index (χ2n) is 5.84. The Labute approximate surface area is 152 Å². The molecule has 1 heterocycles. The maximum Gasteiger partial charge on any atom is 0.328 e. The van der Waals surface area contributed by atoms with Crippen LogP contribution in [0.1, 0.15) is 24.2 Å². The zero-order chi connectivity index (χ0) is 19.1. The Morgan fingerprint density at radius 3 is 2.31 bits per heavy atom. The molecule has 140 valence electrons. The third-order valence-corrected chi connectivity index (χ3v) is 3.73. The summed E-state index contributed by atoms with van der Waals surface area (Å²) in [5.41, 5.74) is 0.303. The topological polar surface area (TPSA) is 103 Å². The summed E-state index contributed by atoms with van der Waals surface area (Å²) < 4.78 is 15.9. The molecule has 0 bridgehead atoms. The zero-order valence-corrected chi connectivity index (χ0v) is 15.2. The fourth-order valence-corrected chi connectivity index (χ4v) is 2.15. The van der Waals surface area contributed by atoms with Crippen LogP contribution in [0.4, 0.5) is 0 Å². The first kappa shape index (κ1) is 19.5. The molecule has 0 unspecified atom stereocenters. The highest BCUT2D eigenvalue weighted by atomic mass is 16.5. The molecule has 2 rings (SSSR count). The van der Waals surface area contributed by atoms with Crippen molar-refractivity contribution in [2.24, 2.45) is 5.92 Å². The van der Waals surface area contributed by atoms with Crippen molar-refractivity contribution in [3.8, 4) is 23.5 Å². The number of amides is 1. The van der Waals surface area contributed by atoms with Crippen LogP contribution in [0.25, 0.3) is 0 Å². The van der Waals surface area contributed by atoms with E-state index in [-0.39, 0.29) is 48.0 Å². The molecule has 2 aromatic rings. The van der Waals surface area contributed by atoms with Crippen LogP contribution in [-0.4, -0.2) is 47.8 Å². The van der Waals surface area contributed by atoms with Crippen molar-refractivity contribution >= 4 is 5.91 Å². The molecule has 1 amide bonds. The summed E-state index contributed by atoms with van der Waals surface area (Å²) in [5, 5.41) is 12.2. The van der Waals surface area contributed by atoms with Crippen LogP contribution in [0.15, 0.2) is 30.3 Å². The van der Waals surface area contributed by atoms with Crippen molar-refractivity contribution in [2.75, 3.05) is 20.8 Å². The van der Waals surface area contributed by atoms with Gasteiger partial charge in [0.2, 0.25) is 11.8 Å². The van der Waals surface area contributed by atoms with E-state index < -0.39 is 0 Å². The van der Waals surface area contributed by atoms with Gasteiger partial charge >= 0.3 is 6.01 Å². The second kappa shape index (κ2) is 9.00. The molecule has 1 atom stereocenters. The van der Waals surface area contributed by atoms with Crippen LogP contribution in [-0.2, 0) is 0 Å². The number of nitrogens with one attached hydrogen (secondary N) is 1. The summed E-state index contributed by atoms with van der Waals surface area (Å²) >= 11 is 0. The first-order valence-corrected chi connectivity index (χ1v) is 8.14. The van der Waals surface area contributed by atoms with Crippen molar-refractivity contribution in [3.63, 3.8) is 0 Å². The molecule has 0 fully saturated rings. The van der Waals surface area contributed by atoms with Gasteiger partial charge in [0.15, 0.2) is 0 Å². The average Bonchev–Trinajstić information content (AvgIpc) is 2.65. The predicted molar refractivity (Wildman–Crippen MR) is 94.8 cm³/mol. The molecule has 0 aliphatic rings. The number of methoxy groups -OCH3 is 2. The minimum Gasteiger partial charge on any atom is -0.481 e. The Morgan fingerprint density at radius 2 is 1.77 bits per heavy atom. The number of hydrogen-bond acceptors (Lipinski definition) is 7. The third-order valence-electron chi connectivity index (χ3n) is 3.73. The molecular weight excluding hydrogens is 338 g/mol. The molecule has 0 aliphatic carbocycles. The van der Waals surface area contributed by atoms with Crippen LogP contribution in [0, 0.1) is 5.92 Å². The Hall–Kier alpha value is -2.87. The van der Waals surface area contributed by atoms with Gasteiger partial charge < -0.3 is 24.6 Å². The van der Waals surface area contributed by atoms with Gasteiger partial charge in [-0.2, -0.15) is 9.97 Å². The van der Waals surface area contributed by atoms with Crippen LogP contribution in [0.3, 0.4) is 0 Å². The Morgan fingerprint density at radius 1 is 1.15 bits per heavy atom. The van der Waals surface area contributed by atoms with E-state index in [1.807, 2.05) is 13.8 Å². The third kappa shape index (κ3) is 4.82. The number of aliphatic hydroxyl groups excluding tert-OH is 1. The van der Waals surface area contributed by atoms with Crippen molar-refractivity contribution in [1.29, 1.82) is 0 Å². The minimum atomic E-state index is -0.358. The fraction of sp³-hybridized carbons (Fsp3) is 0.389. The maximum absolute atomic E-state index is 12.6. The van der Waals surface area contributed by atoms with Gasteiger partial charge in [0.1, 0.15) is 5.75 Å². The minimum absolute atomic E-state index is 0.0102. The molecule has 1 aromatic heterocycles. The Kier molecular flexibility index (Phi) is 6.74. The van der Waals surface area contributed by atoms with E-state index in [1.54, 1.807) is 24.3 Å². The fourth-order valence-electron chi connectivity index (χ4n) is 2.15. The number of carbonyl (C=O) groups is 1. The van der Waals surface area contributed by atoms with Gasteiger partial charge in [0.25, 0.3) is 5.91 Å². The highest BCUT2D eigenvalue weighted by Crippen LogP contribution is 2.26. The number of aliphatic hydroxyl groups is 1. The van der Waals surface area contributed by atoms with Crippen molar-refractivity contribution in [3.05, 3.63) is 35.9 Å². The smallest absolute Gasteiger partial charge is 0.328 e.